The molecule has 3 rings (SSSR count). The first-order valence-electron chi connectivity index (χ1n) is 7.52. The lowest BCUT2D eigenvalue weighted by Crippen LogP contribution is -2.35. The third-order valence-electron chi connectivity index (χ3n) is 4.03. The molecule has 1 aliphatic heterocycles. The lowest BCUT2D eigenvalue weighted by Gasteiger charge is -2.24. The second-order valence-electron chi connectivity index (χ2n) is 5.72. The highest BCUT2D eigenvalue weighted by molar-refractivity contribution is 7.80. The number of hydrogen-bond acceptors (Lipinski definition) is 4. The number of rotatable bonds is 2. The van der Waals surface area contributed by atoms with E-state index in [0.717, 1.165) is 29.2 Å². The number of phenolic OH excluding ortho intramolecular Hbond substituents is 1. The summed E-state index contributed by atoms with van der Waals surface area (Å²) in [6, 6.07) is 7.91. The van der Waals surface area contributed by atoms with Crippen LogP contribution in [-0.4, -0.2) is 28.1 Å². The molecule has 10 heteroatoms. The molecule has 1 unspecified atom stereocenters. The van der Waals surface area contributed by atoms with Crippen LogP contribution < -0.4 is 9.80 Å². The highest BCUT2D eigenvalue weighted by atomic mass is 32.1. The summed E-state index contributed by atoms with van der Waals surface area (Å²) in [6.07, 6.45) is -6.05. The van der Waals surface area contributed by atoms with Gasteiger partial charge in [0, 0.05) is 17.4 Å². The third kappa shape index (κ3) is 3.39. The number of nitriles is 1. The van der Waals surface area contributed by atoms with Crippen molar-refractivity contribution < 1.29 is 27.8 Å². The predicted octanol–water partition coefficient (Wildman–Crippen LogP) is 3.35. The normalized spacial score (nSPS) is 17.3. The van der Waals surface area contributed by atoms with Gasteiger partial charge in [0.25, 0.3) is 0 Å². The van der Waals surface area contributed by atoms with Crippen molar-refractivity contribution in [3.63, 3.8) is 0 Å². The monoisotopic (exact) mass is 397 g/mol. The molecule has 0 aromatic heterocycles. The van der Waals surface area contributed by atoms with Crippen LogP contribution in [0.3, 0.4) is 0 Å². The molecule has 0 saturated carbocycles. The van der Waals surface area contributed by atoms with E-state index >= 15 is 0 Å². The maximum absolute atomic E-state index is 13.6. The molecule has 0 radical (unpaired) electrons. The summed E-state index contributed by atoms with van der Waals surface area (Å²) in [6.45, 7) is -0.121. The number of aliphatic hydroxyl groups is 1. The Morgan fingerprint density at radius 2 is 1.81 bits per heavy atom. The van der Waals surface area contributed by atoms with Gasteiger partial charge in [-0.1, -0.05) is 0 Å². The molecule has 140 valence electrons. The maximum Gasteiger partial charge on any atom is 0.417 e. The molecule has 0 bridgehead atoms. The Bertz CT molecular complexity index is 958. The number of nitrogens with zero attached hydrogens (tertiary/aromatic N) is 3. The first-order chi connectivity index (χ1) is 12.6. The van der Waals surface area contributed by atoms with Crippen LogP contribution in [0, 0.1) is 17.1 Å². The van der Waals surface area contributed by atoms with Gasteiger partial charge in [-0.15, -0.1) is 0 Å². The van der Waals surface area contributed by atoms with E-state index in [2.05, 4.69) is 0 Å². The zero-order chi connectivity index (χ0) is 19.9. The van der Waals surface area contributed by atoms with Gasteiger partial charge in [0.2, 0.25) is 0 Å². The first kappa shape index (κ1) is 18.9. The van der Waals surface area contributed by atoms with Gasteiger partial charge in [-0.2, -0.15) is 18.4 Å². The summed E-state index contributed by atoms with van der Waals surface area (Å²) in [7, 11) is 0. The Balaban J connectivity index is 1.99. The van der Waals surface area contributed by atoms with Gasteiger partial charge in [-0.25, -0.2) is 4.39 Å². The van der Waals surface area contributed by atoms with Crippen molar-refractivity contribution in [3.8, 4) is 11.8 Å². The van der Waals surface area contributed by atoms with E-state index in [0.29, 0.717) is 0 Å². The number of aliphatic hydroxyl groups excluding tert-OH is 1. The SMILES string of the molecule is N#Cc1ccc(N2C(=S)N(c3ccc(O)c(F)c3)CC2O)cc1C(F)(F)F. The van der Waals surface area contributed by atoms with Gasteiger partial charge in [-0.3, -0.25) is 4.90 Å². The van der Waals surface area contributed by atoms with Crippen LogP contribution in [0.1, 0.15) is 11.1 Å². The Morgan fingerprint density at radius 1 is 1.15 bits per heavy atom. The number of β-amino-alcohol motifs (C(OH)–C–C–N with tert-alkyl or cyclic N) is 1. The Kier molecular flexibility index (Phi) is 4.67. The number of phenols is 1. The fourth-order valence-corrected chi connectivity index (χ4v) is 3.16. The fraction of sp³-hybridized carbons (Fsp3) is 0.176. The van der Waals surface area contributed by atoms with Crippen molar-refractivity contribution in [3.05, 3.63) is 53.3 Å². The second-order valence-corrected chi connectivity index (χ2v) is 6.08. The van der Waals surface area contributed by atoms with E-state index in [-0.39, 0.29) is 23.0 Å². The van der Waals surface area contributed by atoms with Gasteiger partial charge in [0.1, 0.15) is 0 Å². The average Bonchev–Trinajstić information content (AvgIpc) is 2.90. The van der Waals surface area contributed by atoms with Gasteiger partial charge < -0.3 is 15.1 Å². The quantitative estimate of drug-likeness (QED) is 0.598. The van der Waals surface area contributed by atoms with E-state index in [4.69, 9.17) is 17.5 Å². The minimum absolute atomic E-state index is 0.0505. The predicted molar refractivity (Wildman–Crippen MR) is 92.7 cm³/mol. The summed E-state index contributed by atoms with van der Waals surface area (Å²) >= 11 is 5.24. The van der Waals surface area contributed by atoms with Crippen LogP contribution in [-0.2, 0) is 6.18 Å². The van der Waals surface area contributed by atoms with Gasteiger partial charge in [-0.05, 0) is 42.5 Å². The number of hydrogen-bond donors (Lipinski definition) is 2. The molecule has 2 N–H and O–H groups in total. The number of anilines is 2. The third-order valence-corrected chi connectivity index (χ3v) is 4.45. The summed E-state index contributed by atoms with van der Waals surface area (Å²) < 4.78 is 53.1. The van der Waals surface area contributed by atoms with Crippen molar-refractivity contribution in [2.24, 2.45) is 0 Å². The molecule has 27 heavy (non-hydrogen) atoms. The minimum Gasteiger partial charge on any atom is -0.505 e. The van der Waals surface area contributed by atoms with Crippen LogP contribution in [0.5, 0.6) is 5.75 Å². The van der Waals surface area contributed by atoms with Gasteiger partial charge in [0.05, 0.1) is 23.7 Å². The van der Waals surface area contributed by atoms with E-state index < -0.39 is 35.1 Å². The Hall–Kier alpha value is -2.90. The highest BCUT2D eigenvalue weighted by Crippen LogP contribution is 2.36. The smallest absolute Gasteiger partial charge is 0.417 e. The molecule has 0 spiro atoms. The molecule has 2 aromatic carbocycles. The van der Waals surface area contributed by atoms with Crippen molar-refractivity contribution >= 4 is 28.7 Å². The molecule has 1 heterocycles. The molecular weight excluding hydrogens is 386 g/mol. The minimum atomic E-state index is -4.76. The molecule has 0 amide bonds. The maximum atomic E-state index is 13.6. The van der Waals surface area contributed by atoms with E-state index in [9.17, 15) is 27.8 Å². The lowest BCUT2D eigenvalue weighted by atomic mass is 10.1. The largest absolute Gasteiger partial charge is 0.505 e. The number of benzene rings is 2. The van der Waals surface area contributed by atoms with E-state index in [1.807, 2.05) is 0 Å². The molecule has 1 aliphatic rings. The molecule has 1 atom stereocenters. The topological polar surface area (TPSA) is 70.7 Å². The zero-order valence-electron chi connectivity index (χ0n) is 13.4. The van der Waals surface area contributed by atoms with Crippen molar-refractivity contribution in [2.45, 2.75) is 12.4 Å². The number of aromatic hydroxyl groups is 1. The molecule has 0 aliphatic carbocycles. The Labute approximate surface area is 156 Å². The van der Waals surface area contributed by atoms with Crippen LogP contribution in [0.4, 0.5) is 28.9 Å². The molecule has 2 aromatic rings. The summed E-state index contributed by atoms with van der Waals surface area (Å²) in [4.78, 5) is 2.41. The number of thiocarbonyl (C=S) groups is 1. The standard InChI is InChI=1S/C17H11F4N3O2S/c18-13-6-10(3-4-14(13)25)23-8-15(26)24(16(23)27)11-2-1-9(7-22)12(5-11)17(19,20)21/h1-6,15,25-26H,8H2. The van der Waals surface area contributed by atoms with Gasteiger partial charge >= 0.3 is 6.18 Å². The fourth-order valence-electron chi connectivity index (χ4n) is 2.76. The summed E-state index contributed by atoms with van der Waals surface area (Å²) in [5.74, 6) is -1.47. The molecule has 1 saturated heterocycles. The van der Waals surface area contributed by atoms with Crippen LogP contribution in [0.15, 0.2) is 36.4 Å². The number of alkyl halides is 3. The first-order valence-corrected chi connectivity index (χ1v) is 7.93. The number of halogens is 4. The van der Waals surface area contributed by atoms with Gasteiger partial charge in [0.15, 0.2) is 22.9 Å². The lowest BCUT2D eigenvalue weighted by molar-refractivity contribution is -0.137. The summed E-state index contributed by atoms with van der Waals surface area (Å²) in [5.41, 5.74) is -1.53. The summed E-state index contributed by atoms with van der Waals surface area (Å²) in [5, 5.41) is 28.4. The van der Waals surface area contributed by atoms with Crippen LogP contribution in [0.25, 0.3) is 0 Å². The van der Waals surface area contributed by atoms with Crippen molar-refractivity contribution in [1.82, 2.24) is 0 Å². The van der Waals surface area contributed by atoms with Crippen LogP contribution in [0.2, 0.25) is 0 Å². The molecular formula is C17H11F4N3O2S. The van der Waals surface area contributed by atoms with Crippen molar-refractivity contribution in [1.29, 1.82) is 5.26 Å². The zero-order valence-corrected chi connectivity index (χ0v) is 14.2. The molecule has 5 nitrogen and oxygen atoms in total. The van der Waals surface area contributed by atoms with Crippen LogP contribution >= 0.6 is 12.2 Å². The van der Waals surface area contributed by atoms with Crippen molar-refractivity contribution in [2.75, 3.05) is 16.3 Å². The highest BCUT2D eigenvalue weighted by Gasteiger charge is 2.38. The Morgan fingerprint density at radius 3 is 2.41 bits per heavy atom. The molecule has 1 fully saturated rings. The average molecular weight is 397 g/mol. The second kappa shape index (κ2) is 6.68. The van der Waals surface area contributed by atoms with E-state index in [1.165, 1.54) is 23.1 Å². The van der Waals surface area contributed by atoms with E-state index in [1.54, 1.807) is 0 Å².